The summed E-state index contributed by atoms with van der Waals surface area (Å²) in [4.78, 5) is 38.5. The van der Waals surface area contributed by atoms with Gasteiger partial charge in [-0.05, 0) is 72.4 Å². The van der Waals surface area contributed by atoms with Gasteiger partial charge in [-0.3, -0.25) is 14.4 Å². The molecule has 4 rings (SSSR count). The van der Waals surface area contributed by atoms with Gasteiger partial charge in [0.2, 0.25) is 0 Å². The van der Waals surface area contributed by atoms with Crippen LogP contribution in [0.5, 0.6) is 11.5 Å². The van der Waals surface area contributed by atoms with Crippen molar-refractivity contribution in [3.63, 3.8) is 0 Å². The molecule has 0 saturated heterocycles. The molecule has 0 spiro atoms. The highest BCUT2D eigenvalue weighted by Crippen LogP contribution is 2.30. The Hall–Kier alpha value is -3.93. The van der Waals surface area contributed by atoms with Crippen molar-refractivity contribution in [1.82, 2.24) is 0 Å². The Kier molecular flexibility index (Phi) is 7.01. The number of hydrogen-bond donors (Lipinski definition) is 0. The summed E-state index contributed by atoms with van der Waals surface area (Å²) < 4.78 is 11.1. The van der Waals surface area contributed by atoms with Crippen LogP contribution in [0.2, 0.25) is 0 Å². The fourth-order valence-electron chi connectivity index (χ4n) is 3.88. The van der Waals surface area contributed by atoms with Crippen molar-refractivity contribution in [2.45, 2.75) is 45.4 Å². The topological polar surface area (TPSA) is 72.9 Å². The molecule has 0 aromatic heterocycles. The van der Waals surface area contributed by atoms with Crippen LogP contribution in [0.15, 0.2) is 72.8 Å². The molecule has 2 amide bonds. The zero-order valence-electron chi connectivity index (χ0n) is 20.2. The van der Waals surface area contributed by atoms with E-state index in [2.05, 4.69) is 32.9 Å². The van der Waals surface area contributed by atoms with Gasteiger partial charge in [0.25, 0.3) is 11.8 Å². The normalized spacial score (nSPS) is 13.1. The Morgan fingerprint density at radius 2 is 1.40 bits per heavy atom. The van der Waals surface area contributed by atoms with Crippen LogP contribution in [0.1, 0.15) is 66.3 Å². The number of amides is 2. The predicted octanol–water partition coefficient (Wildman–Crippen LogP) is 5.94. The molecule has 0 radical (unpaired) electrons. The Morgan fingerprint density at radius 1 is 0.829 bits per heavy atom. The number of nitrogens with zero attached hydrogens (tertiary/aromatic N) is 1. The van der Waals surface area contributed by atoms with Gasteiger partial charge in [-0.25, -0.2) is 4.90 Å². The lowest BCUT2D eigenvalue weighted by Crippen LogP contribution is -2.29. The maximum atomic E-state index is 12.6. The number of esters is 1. The van der Waals surface area contributed by atoms with Crippen molar-refractivity contribution in [3.05, 3.63) is 89.5 Å². The summed E-state index contributed by atoms with van der Waals surface area (Å²) in [6.45, 7) is 7.01. The van der Waals surface area contributed by atoms with Crippen molar-refractivity contribution in [2.24, 2.45) is 0 Å². The van der Waals surface area contributed by atoms with Gasteiger partial charge in [0.15, 0.2) is 0 Å². The van der Waals surface area contributed by atoms with E-state index in [0.717, 1.165) is 17.1 Å². The second kappa shape index (κ2) is 10.1. The summed E-state index contributed by atoms with van der Waals surface area (Å²) in [5, 5.41) is 0. The molecule has 6 nitrogen and oxygen atoms in total. The lowest BCUT2D eigenvalue weighted by atomic mass is 9.82. The minimum atomic E-state index is -0.373. The summed E-state index contributed by atoms with van der Waals surface area (Å²) in [7, 11) is 0. The predicted molar refractivity (Wildman–Crippen MR) is 134 cm³/mol. The molecule has 35 heavy (non-hydrogen) atoms. The van der Waals surface area contributed by atoms with Crippen LogP contribution in [0, 0.1) is 0 Å². The molecule has 3 aromatic rings. The second-order valence-electron chi connectivity index (χ2n) is 9.17. The maximum absolute atomic E-state index is 12.6. The van der Waals surface area contributed by atoms with Gasteiger partial charge in [0, 0.05) is 6.42 Å². The van der Waals surface area contributed by atoms with Gasteiger partial charge >= 0.3 is 5.97 Å². The van der Waals surface area contributed by atoms with Crippen molar-refractivity contribution in [1.29, 1.82) is 0 Å². The van der Waals surface area contributed by atoms with Crippen LogP contribution in [0.3, 0.4) is 0 Å². The van der Waals surface area contributed by atoms with E-state index in [1.165, 1.54) is 5.56 Å². The molecule has 180 valence electrons. The molecule has 0 bridgehead atoms. The van der Waals surface area contributed by atoms with Crippen LogP contribution in [0.4, 0.5) is 5.69 Å². The lowest BCUT2D eigenvalue weighted by Gasteiger charge is -2.23. The first kappa shape index (κ1) is 24.2. The molecule has 6 heteroatoms. The fraction of sp³-hybridized carbons (Fsp3) is 0.276. The molecule has 0 unspecified atom stereocenters. The van der Waals surface area contributed by atoms with E-state index in [1.54, 1.807) is 48.5 Å². The molecule has 1 heterocycles. The van der Waals surface area contributed by atoms with Crippen molar-refractivity contribution in [2.75, 3.05) is 11.5 Å². The van der Waals surface area contributed by atoms with Gasteiger partial charge < -0.3 is 9.47 Å². The van der Waals surface area contributed by atoms with Crippen molar-refractivity contribution >= 4 is 23.5 Å². The smallest absolute Gasteiger partial charge is 0.311 e. The largest absolute Gasteiger partial charge is 0.494 e. The molecule has 0 atom stereocenters. The average molecular weight is 472 g/mol. The number of ether oxygens (including phenoxy) is 2. The van der Waals surface area contributed by atoms with Gasteiger partial charge in [-0.2, -0.15) is 0 Å². The standard InChI is InChI=1S/C29H29NO5/c1-4-29(2,3)20-11-15-22(16-12-20)34-19-7-10-26(31)35-23-17-13-21(14-18-23)30-27(32)24-8-5-6-9-25(24)28(30)33/h5-6,8-9,11-18H,4,7,10,19H2,1-3H3. The van der Waals surface area contributed by atoms with Gasteiger partial charge in [-0.15, -0.1) is 0 Å². The Balaban J connectivity index is 1.24. The molecule has 1 aliphatic rings. The molecular formula is C29H29NO5. The maximum Gasteiger partial charge on any atom is 0.311 e. The molecule has 1 aliphatic heterocycles. The van der Waals surface area contributed by atoms with Crippen molar-refractivity contribution < 1.29 is 23.9 Å². The number of fused-ring (bicyclic) bond motifs is 1. The van der Waals surface area contributed by atoms with E-state index in [4.69, 9.17) is 9.47 Å². The van der Waals surface area contributed by atoms with E-state index >= 15 is 0 Å². The number of hydrogen-bond acceptors (Lipinski definition) is 5. The molecule has 0 fully saturated rings. The molecule has 0 aliphatic carbocycles. The zero-order valence-corrected chi connectivity index (χ0v) is 20.2. The molecule has 0 saturated carbocycles. The van der Waals surface area contributed by atoms with Gasteiger partial charge in [0.1, 0.15) is 11.5 Å². The number of rotatable bonds is 9. The van der Waals surface area contributed by atoms with Gasteiger partial charge in [-0.1, -0.05) is 45.0 Å². The Morgan fingerprint density at radius 3 is 1.97 bits per heavy atom. The SMILES string of the molecule is CCC(C)(C)c1ccc(OCCCC(=O)Oc2ccc(N3C(=O)c4ccccc4C3=O)cc2)cc1. The highest BCUT2D eigenvalue weighted by Gasteiger charge is 2.36. The number of carbonyl (C=O) groups excluding carboxylic acids is 3. The van der Waals surface area contributed by atoms with Gasteiger partial charge in [0.05, 0.1) is 23.4 Å². The Labute approximate surface area is 205 Å². The third-order valence-corrected chi connectivity index (χ3v) is 6.43. The minimum absolute atomic E-state index is 0.130. The quantitative estimate of drug-likeness (QED) is 0.167. The zero-order chi connectivity index (χ0) is 25.0. The third kappa shape index (κ3) is 5.27. The van der Waals surface area contributed by atoms with E-state index in [9.17, 15) is 14.4 Å². The second-order valence-corrected chi connectivity index (χ2v) is 9.17. The van der Waals surface area contributed by atoms with Crippen LogP contribution in [0.25, 0.3) is 0 Å². The highest BCUT2D eigenvalue weighted by atomic mass is 16.5. The van der Waals surface area contributed by atoms with Crippen LogP contribution in [-0.2, 0) is 10.2 Å². The lowest BCUT2D eigenvalue weighted by molar-refractivity contribution is -0.134. The van der Waals surface area contributed by atoms with E-state index in [1.807, 2.05) is 12.1 Å². The first-order valence-corrected chi connectivity index (χ1v) is 11.8. The van der Waals surface area contributed by atoms with Crippen LogP contribution in [-0.4, -0.2) is 24.4 Å². The summed E-state index contributed by atoms with van der Waals surface area (Å²) in [6, 6.07) is 21.2. The summed E-state index contributed by atoms with van der Waals surface area (Å²) in [6.07, 6.45) is 1.79. The number of anilines is 1. The number of carbonyl (C=O) groups is 3. The molecular weight excluding hydrogens is 442 g/mol. The van der Waals surface area contributed by atoms with E-state index in [-0.39, 0.29) is 29.6 Å². The number of benzene rings is 3. The first-order valence-electron chi connectivity index (χ1n) is 11.8. The molecule has 3 aromatic carbocycles. The fourth-order valence-corrected chi connectivity index (χ4v) is 3.88. The molecule has 0 N–H and O–H groups in total. The van der Waals surface area contributed by atoms with E-state index < -0.39 is 0 Å². The Bertz CT molecular complexity index is 1190. The third-order valence-electron chi connectivity index (χ3n) is 6.43. The van der Waals surface area contributed by atoms with Crippen LogP contribution < -0.4 is 14.4 Å². The average Bonchev–Trinajstić information content (AvgIpc) is 3.12. The summed E-state index contributed by atoms with van der Waals surface area (Å²) >= 11 is 0. The monoisotopic (exact) mass is 471 g/mol. The number of imide groups is 1. The highest BCUT2D eigenvalue weighted by molar-refractivity contribution is 6.34. The summed E-state index contributed by atoms with van der Waals surface area (Å²) in [5.41, 5.74) is 2.60. The minimum Gasteiger partial charge on any atom is -0.494 e. The first-order chi connectivity index (χ1) is 16.8. The van der Waals surface area contributed by atoms with Crippen LogP contribution >= 0.6 is 0 Å². The summed E-state index contributed by atoms with van der Waals surface area (Å²) in [5.74, 6) is 0.0309. The van der Waals surface area contributed by atoms with Crippen molar-refractivity contribution in [3.8, 4) is 11.5 Å². The van der Waals surface area contributed by atoms with E-state index in [0.29, 0.717) is 35.6 Å².